The van der Waals surface area contributed by atoms with Gasteiger partial charge in [0.1, 0.15) is 5.75 Å². The normalized spacial score (nSPS) is 12.6. The second-order valence-electron chi connectivity index (χ2n) is 6.23. The van der Waals surface area contributed by atoms with Crippen LogP contribution in [0, 0.1) is 6.92 Å². The maximum Gasteiger partial charge on any atom is 0.277 e. The lowest BCUT2D eigenvalue weighted by atomic mass is 9.98. The summed E-state index contributed by atoms with van der Waals surface area (Å²) >= 11 is 0. The number of aryl methyl sites for hydroxylation is 1. The van der Waals surface area contributed by atoms with Gasteiger partial charge in [-0.05, 0) is 43.4 Å². The van der Waals surface area contributed by atoms with Gasteiger partial charge in [-0.25, -0.2) is 5.43 Å². The van der Waals surface area contributed by atoms with Crippen LogP contribution in [0.25, 0.3) is 0 Å². The number of hydrogen-bond donors (Lipinski definition) is 1. The number of rotatable bonds is 7. The molecular formula is C21H26N2O2. The highest BCUT2D eigenvalue weighted by Gasteiger charge is 2.11. The van der Waals surface area contributed by atoms with Gasteiger partial charge in [0.2, 0.25) is 0 Å². The van der Waals surface area contributed by atoms with Crippen molar-refractivity contribution in [3.63, 3.8) is 0 Å². The Hall–Kier alpha value is -2.62. The number of hydrazone groups is 1. The van der Waals surface area contributed by atoms with Gasteiger partial charge in [0.15, 0.2) is 6.61 Å². The van der Waals surface area contributed by atoms with E-state index in [9.17, 15) is 4.79 Å². The summed E-state index contributed by atoms with van der Waals surface area (Å²) in [5.41, 5.74) is 6.60. The fraction of sp³-hybridized carbons (Fsp3) is 0.333. The summed E-state index contributed by atoms with van der Waals surface area (Å²) in [7, 11) is 0. The summed E-state index contributed by atoms with van der Waals surface area (Å²) in [6.45, 7) is 8.13. The Morgan fingerprint density at radius 2 is 1.84 bits per heavy atom. The van der Waals surface area contributed by atoms with Crippen LogP contribution in [0.2, 0.25) is 0 Å². The van der Waals surface area contributed by atoms with Crippen LogP contribution in [-0.4, -0.2) is 18.2 Å². The number of carbonyl (C=O) groups excluding carboxylic acids is 1. The molecule has 0 aliphatic heterocycles. The molecule has 0 aliphatic carbocycles. The largest absolute Gasteiger partial charge is 0.483 e. The van der Waals surface area contributed by atoms with Crippen molar-refractivity contribution in [2.45, 2.75) is 40.0 Å². The van der Waals surface area contributed by atoms with Gasteiger partial charge in [-0.15, -0.1) is 0 Å². The van der Waals surface area contributed by atoms with Crippen LogP contribution in [0.1, 0.15) is 49.8 Å². The molecule has 4 heteroatoms. The van der Waals surface area contributed by atoms with Crippen molar-refractivity contribution in [2.24, 2.45) is 5.10 Å². The predicted octanol–water partition coefficient (Wildman–Crippen LogP) is 4.43. The fourth-order valence-corrected chi connectivity index (χ4v) is 2.42. The molecule has 0 aromatic heterocycles. The molecule has 0 bridgehead atoms. The maximum atomic E-state index is 12.0. The molecule has 0 radical (unpaired) electrons. The quantitative estimate of drug-likeness (QED) is 0.600. The van der Waals surface area contributed by atoms with Crippen molar-refractivity contribution in [1.82, 2.24) is 5.43 Å². The lowest BCUT2D eigenvalue weighted by Gasteiger charge is -2.15. The molecule has 0 heterocycles. The number of nitrogens with one attached hydrogen (secondary N) is 1. The first-order valence-corrected chi connectivity index (χ1v) is 8.63. The van der Waals surface area contributed by atoms with E-state index in [0.717, 1.165) is 29.0 Å². The van der Waals surface area contributed by atoms with E-state index in [2.05, 4.69) is 24.4 Å². The first-order valence-electron chi connectivity index (χ1n) is 8.63. The van der Waals surface area contributed by atoms with E-state index in [1.807, 2.05) is 62.4 Å². The summed E-state index contributed by atoms with van der Waals surface area (Å²) < 4.78 is 5.69. The summed E-state index contributed by atoms with van der Waals surface area (Å²) in [6.07, 6.45) is 1.02. The molecule has 132 valence electrons. The molecule has 1 atom stereocenters. The molecule has 0 saturated carbocycles. The zero-order valence-corrected chi connectivity index (χ0v) is 15.4. The Morgan fingerprint density at radius 3 is 2.52 bits per heavy atom. The van der Waals surface area contributed by atoms with Crippen molar-refractivity contribution in [2.75, 3.05) is 6.61 Å². The Labute approximate surface area is 149 Å². The molecule has 2 aromatic carbocycles. The first kappa shape index (κ1) is 18.7. The third-order valence-electron chi connectivity index (χ3n) is 4.24. The van der Waals surface area contributed by atoms with Crippen molar-refractivity contribution in [3.05, 3.63) is 65.2 Å². The number of benzene rings is 2. The average molecular weight is 338 g/mol. The summed E-state index contributed by atoms with van der Waals surface area (Å²) in [6, 6.07) is 15.9. The van der Waals surface area contributed by atoms with E-state index in [1.54, 1.807) is 0 Å². The smallest absolute Gasteiger partial charge is 0.277 e. The van der Waals surface area contributed by atoms with Crippen molar-refractivity contribution < 1.29 is 9.53 Å². The number of carbonyl (C=O) groups is 1. The molecule has 4 nitrogen and oxygen atoms in total. The van der Waals surface area contributed by atoms with Crippen LogP contribution in [0.4, 0.5) is 0 Å². The van der Waals surface area contributed by atoms with Gasteiger partial charge in [-0.1, -0.05) is 61.9 Å². The Morgan fingerprint density at radius 1 is 1.16 bits per heavy atom. The van der Waals surface area contributed by atoms with Gasteiger partial charge < -0.3 is 4.74 Å². The lowest BCUT2D eigenvalue weighted by molar-refractivity contribution is -0.123. The van der Waals surface area contributed by atoms with E-state index in [0.29, 0.717) is 5.92 Å². The average Bonchev–Trinajstić information content (AvgIpc) is 2.64. The van der Waals surface area contributed by atoms with Gasteiger partial charge in [0.05, 0.1) is 5.71 Å². The number of amides is 1. The van der Waals surface area contributed by atoms with Crippen LogP contribution in [0.15, 0.2) is 53.6 Å². The summed E-state index contributed by atoms with van der Waals surface area (Å²) in [4.78, 5) is 12.0. The molecule has 1 N–H and O–H groups in total. The molecule has 0 saturated heterocycles. The monoisotopic (exact) mass is 338 g/mol. The van der Waals surface area contributed by atoms with Crippen LogP contribution in [-0.2, 0) is 4.79 Å². The molecule has 1 amide bonds. The van der Waals surface area contributed by atoms with Crippen LogP contribution >= 0.6 is 0 Å². The SMILES string of the molecule is CCC(C)c1ccccc1OCC(=O)NN=C(C)c1ccc(C)cc1. The molecule has 2 aromatic rings. The summed E-state index contributed by atoms with van der Waals surface area (Å²) in [5, 5.41) is 4.15. The summed E-state index contributed by atoms with van der Waals surface area (Å²) in [5.74, 6) is 0.873. The number of ether oxygens (including phenoxy) is 1. The van der Waals surface area contributed by atoms with Gasteiger partial charge in [-0.3, -0.25) is 4.79 Å². The fourth-order valence-electron chi connectivity index (χ4n) is 2.42. The van der Waals surface area contributed by atoms with Crippen molar-refractivity contribution in [1.29, 1.82) is 0 Å². The third kappa shape index (κ3) is 5.45. The molecular weight excluding hydrogens is 312 g/mol. The van der Waals surface area contributed by atoms with Gasteiger partial charge >= 0.3 is 0 Å². The van der Waals surface area contributed by atoms with E-state index >= 15 is 0 Å². The minimum atomic E-state index is -0.273. The Balaban J connectivity index is 1.93. The highest BCUT2D eigenvalue weighted by Crippen LogP contribution is 2.28. The highest BCUT2D eigenvalue weighted by molar-refractivity contribution is 5.99. The lowest BCUT2D eigenvalue weighted by Crippen LogP contribution is -2.26. The standard InChI is InChI=1S/C21H26N2O2/c1-5-16(3)19-8-6-7-9-20(19)25-14-21(24)23-22-17(4)18-12-10-15(2)11-13-18/h6-13,16H,5,14H2,1-4H3,(H,23,24). The Bertz CT molecular complexity index is 736. The first-order chi connectivity index (χ1) is 12.0. The second kappa shape index (κ2) is 9.02. The van der Waals surface area contributed by atoms with Gasteiger partial charge in [0.25, 0.3) is 5.91 Å². The van der Waals surface area contributed by atoms with Crippen molar-refractivity contribution >= 4 is 11.6 Å². The molecule has 1 unspecified atom stereocenters. The number of hydrogen-bond acceptors (Lipinski definition) is 3. The van der Waals surface area contributed by atoms with E-state index < -0.39 is 0 Å². The van der Waals surface area contributed by atoms with E-state index in [1.165, 1.54) is 5.56 Å². The second-order valence-corrected chi connectivity index (χ2v) is 6.23. The number of para-hydroxylation sites is 1. The minimum absolute atomic E-state index is 0.0574. The molecule has 0 fully saturated rings. The maximum absolute atomic E-state index is 12.0. The zero-order valence-electron chi connectivity index (χ0n) is 15.4. The Kier molecular flexibility index (Phi) is 6.75. The molecule has 25 heavy (non-hydrogen) atoms. The van der Waals surface area contributed by atoms with E-state index in [-0.39, 0.29) is 12.5 Å². The van der Waals surface area contributed by atoms with Crippen LogP contribution in [0.3, 0.4) is 0 Å². The van der Waals surface area contributed by atoms with Gasteiger partial charge in [0, 0.05) is 0 Å². The molecule has 0 spiro atoms. The third-order valence-corrected chi connectivity index (χ3v) is 4.24. The molecule has 0 aliphatic rings. The molecule has 2 rings (SSSR count). The minimum Gasteiger partial charge on any atom is -0.483 e. The zero-order chi connectivity index (χ0) is 18.2. The van der Waals surface area contributed by atoms with Crippen LogP contribution in [0.5, 0.6) is 5.75 Å². The predicted molar refractivity (Wildman–Crippen MR) is 102 cm³/mol. The van der Waals surface area contributed by atoms with Crippen LogP contribution < -0.4 is 10.2 Å². The van der Waals surface area contributed by atoms with Gasteiger partial charge in [-0.2, -0.15) is 5.10 Å². The number of nitrogens with zero attached hydrogens (tertiary/aromatic N) is 1. The highest BCUT2D eigenvalue weighted by atomic mass is 16.5. The van der Waals surface area contributed by atoms with E-state index in [4.69, 9.17) is 4.74 Å². The topological polar surface area (TPSA) is 50.7 Å². The van der Waals surface area contributed by atoms with Crippen molar-refractivity contribution in [3.8, 4) is 5.75 Å².